The Labute approximate surface area is 83.9 Å². The van der Waals surface area contributed by atoms with Crippen molar-refractivity contribution in [3.05, 3.63) is 23.9 Å². The first-order valence-electron chi connectivity index (χ1n) is 4.60. The highest BCUT2D eigenvalue weighted by Crippen LogP contribution is 2.12. The molecule has 1 aromatic rings. The molecule has 0 aromatic carbocycles. The minimum atomic E-state index is -0.335. The molecule has 0 radical (unpaired) electrons. The van der Waals surface area contributed by atoms with Crippen LogP contribution in [0.5, 0.6) is 5.88 Å². The molecule has 0 aliphatic carbocycles. The summed E-state index contributed by atoms with van der Waals surface area (Å²) in [7, 11) is 1.60. The van der Waals surface area contributed by atoms with Gasteiger partial charge in [0.15, 0.2) is 0 Å². The maximum Gasteiger partial charge on any atom is 0.217 e. The van der Waals surface area contributed by atoms with Crippen molar-refractivity contribution < 1.29 is 9.84 Å². The Morgan fingerprint density at radius 1 is 1.64 bits per heavy atom. The van der Waals surface area contributed by atoms with E-state index >= 15 is 0 Å². The topological polar surface area (TPSA) is 54.4 Å². The SMILES string of the molecule is COc1ncccc1CNC[C@H](C)O. The van der Waals surface area contributed by atoms with Gasteiger partial charge in [-0.05, 0) is 13.0 Å². The van der Waals surface area contributed by atoms with Crippen molar-refractivity contribution in [2.45, 2.75) is 19.6 Å². The highest BCUT2D eigenvalue weighted by molar-refractivity contribution is 5.24. The number of aliphatic hydroxyl groups excluding tert-OH is 1. The third-order valence-corrected chi connectivity index (χ3v) is 1.80. The standard InChI is InChI=1S/C10H16N2O2/c1-8(13)6-11-7-9-4-3-5-12-10(9)14-2/h3-5,8,11,13H,6-7H2,1-2H3/t8-/m0/s1. The second kappa shape index (κ2) is 5.57. The van der Waals surface area contributed by atoms with Crippen molar-refractivity contribution in [2.75, 3.05) is 13.7 Å². The molecule has 14 heavy (non-hydrogen) atoms. The van der Waals surface area contributed by atoms with E-state index in [9.17, 15) is 0 Å². The molecule has 0 bridgehead atoms. The fraction of sp³-hybridized carbons (Fsp3) is 0.500. The second-order valence-corrected chi connectivity index (χ2v) is 3.15. The predicted octanol–water partition coefficient (Wildman–Crippen LogP) is 0.561. The van der Waals surface area contributed by atoms with E-state index in [1.54, 1.807) is 20.2 Å². The van der Waals surface area contributed by atoms with Gasteiger partial charge in [0.05, 0.1) is 13.2 Å². The highest BCUT2D eigenvalue weighted by Gasteiger charge is 2.02. The van der Waals surface area contributed by atoms with Crippen LogP contribution in [0.3, 0.4) is 0 Å². The maximum absolute atomic E-state index is 9.05. The van der Waals surface area contributed by atoms with Crippen LogP contribution < -0.4 is 10.1 Å². The van der Waals surface area contributed by atoms with Gasteiger partial charge in [0.25, 0.3) is 0 Å². The molecule has 0 aliphatic heterocycles. The van der Waals surface area contributed by atoms with Crippen LogP contribution in [-0.2, 0) is 6.54 Å². The fourth-order valence-electron chi connectivity index (χ4n) is 1.16. The monoisotopic (exact) mass is 196 g/mol. The first-order chi connectivity index (χ1) is 6.74. The van der Waals surface area contributed by atoms with Crippen LogP contribution in [-0.4, -0.2) is 29.8 Å². The third-order valence-electron chi connectivity index (χ3n) is 1.80. The Hall–Kier alpha value is -1.13. The van der Waals surface area contributed by atoms with Crippen LogP contribution in [0.2, 0.25) is 0 Å². The number of hydrogen-bond donors (Lipinski definition) is 2. The molecule has 4 heteroatoms. The average Bonchev–Trinajstić information content (AvgIpc) is 2.18. The lowest BCUT2D eigenvalue weighted by Crippen LogP contribution is -2.24. The summed E-state index contributed by atoms with van der Waals surface area (Å²) in [5, 5.41) is 12.2. The van der Waals surface area contributed by atoms with Crippen molar-refractivity contribution in [3.63, 3.8) is 0 Å². The van der Waals surface area contributed by atoms with E-state index in [1.165, 1.54) is 0 Å². The normalized spacial score (nSPS) is 12.5. The largest absolute Gasteiger partial charge is 0.481 e. The number of aliphatic hydroxyl groups is 1. The first-order valence-corrected chi connectivity index (χ1v) is 4.60. The van der Waals surface area contributed by atoms with Crippen molar-refractivity contribution >= 4 is 0 Å². The van der Waals surface area contributed by atoms with E-state index in [1.807, 2.05) is 12.1 Å². The Kier molecular flexibility index (Phi) is 4.35. The summed E-state index contributed by atoms with van der Waals surface area (Å²) >= 11 is 0. The molecule has 2 N–H and O–H groups in total. The van der Waals surface area contributed by atoms with Crippen LogP contribution in [0, 0.1) is 0 Å². The number of rotatable bonds is 5. The number of nitrogens with zero attached hydrogens (tertiary/aromatic N) is 1. The van der Waals surface area contributed by atoms with Gasteiger partial charge >= 0.3 is 0 Å². The van der Waals surface area contributed by atoms with Crippen LogP contribution in [0.4, 0.5) is 0 Å². The number of pyridine rings is 1. The smallest absolute Gasteiger partial charge is 0.217 e. The van der Waals surface area contributed by atoms with E-state index in [2.05, 4.69) is 10.3 Å². The zero-order chi connectivity index (χ0) is 10.4. The van der Waals surface area contributed by atoms with Crippen molar-refractivity contribution in [1.82, 2.24) is 10.3 Å². The van der Waals surface area contributed by atoms with Gasteiger partial charge in [0.2, 0.25) is 5.88 Å². The lowest BCUT2D eigenvalue weighted by molar-refractivity contribution is 0.190. The molecule has 0 saturated heterocycles. The molecule has 4 nitrogen and oxygen atoms in total. The summed E-state index contributed by atoms with van der Waals surface area (Å²) < 4.78 is 5.09. The number of ether oxygens (including phenoxy) is 1. The van der Waals surface area contributed by atoms with Gasteiger partial charge in [-0.25, -0.2) is 4.98 Å². The molecule has 0 unspecified atom stereocenters. The number of methoxy groups -OCH3 is 1. The third kappa shape index (κ3) is 3.32. The number of aromatic nitrogens is 1. The van der Waals surface area contributed by atoms with Crippen LogP contribution in [0.1, 0.15) is 12.5 Å². The Bertz CT molecular complexity index is 277. The summed E-state index contributed by atoms with van der Waals surface area (Å²) in [5.41, 5.74) is 0.996. The van der Waals surface area contributed by atoms with Crippen molar-refractivity contribution in [1.29, 1.82) is 0 Å². The van der Waals surface area contributed by atoms with Gasteiger partial charge in [0, 0.05) is 24.8 Å². The van der Waals surface area contributed by atoms with Gasteiger partial charge in [-0.3, -0.25) is 0 Å². The Morgan fingerprint density at radius 2 is 2.43 bits per heavy atom. The number of nitrogens with one attached hydrogen (secondary N) is 1. The minimum Gasteiger partial charge on any atom is -0.481 e. The average molecular weight is 196 g/mol. The van der Waals surface area contributed by atoms with Crippen molar-refractivity contribution in [2.24, 2.45) is 0 Å². The molecule has 0 saturated carbocycles. The molecule has 1 heterocycles. The zero-order valence-corrected chi connectivity index (χ0v) is 8.53. The van der Waals surface area contributed by atoms with Gasteiger partial charge < -0.3 is 15.2 Å². The molecule has 0 aliphatic rings. The fourth-order valence-corrected chi connectivity index (χ4v) is 1.16. The van der Waals surface area contributed by atoms with E-state index in [4.69, 9.17) is 9.84 Å². The molecular weight excluding hydrogens is 180 g/mol. The predicted molar refractivity (Wildman–Crippen MR) is 54.2 cm³/mol. The molecule has 0 fully saturated rings. The molecule has 0 amide bonds. The van der Waals surface area contributed by atoms with Gasteiger partial charge in [-0.1, -0.05) is 6.07 Å². The van der Waals surface area contributed by atoms with Crippen LogP contribution in [0.15, 0.2) is 18.3 Å². The lowest BCUT2D eigenvalue weighted by atomic mass is 10.2. The molecule has 1 atom stereocenters. The molecule has 1 rings (SSSR count). The summed E-state index contributed by atoms with van der Waals surface area (Å²) in [6.45, 7) is 2.97. The van der Waals surface area contributed by atoms with E-state index in [0.29, 0.717) is 19.0 Å². The van der Waals surface area contributed by atoms with Gasteiger partial charge in [0.1, 0.15) is 0 Å². The second-order valence-electron chi connectivity index (χ2n) is 3.15. The molecule has 78 valence electrons. The number of hydrogen-bond acceptors (Lipinski definition) is 4. The Balaban J connectivity index is 2.49. The van der Waals surface area contributed by atoms with Gasteiger partial charge in [-0.15, -0.1) is 0 Å². The summed E-state index contributed by atoms with van der Waals surface area (Å²) in [4.78, 5) is 4.07. The van der Waals surface area contributed by atoms with Crippen LogP contribution in [0.25, 0.3) is 0 Å². The summed E-state index contributed by atoms with van der Waals surface area (Å²) in [6, 6.07) is 3.81. The van der Waals surface area contributed by atoms with E-state index in [-0.39, 0.29) is 6.10 Å². The Morgan fingerprint density at radius 3 is 3.07 bits per heavy atom. The van der Waals surface area contributed by atoms with Crippen molar-refractivity contribution in [3.8, 4) is 5.88 Å². The zero-order valence-electron chi connectivity index (χ0n) is 8.53. The van der Waals surface area contributed by atoms with E-state index in [0.717, 1.165) is 5.56 Å². The summed E-state index contributed by atoms with van der Waals surface area (Å²) in [5.74, 6) is 0.630. The maximum atomic E-state index is 9.05. The molecule has 0 spiro atoms. The van der Waals surface area contributed by atoms with E-state index < -0.39 is 0 Å². The highest BCUT2D eigenvalue weighted by atomic mass is 16.5. The first kappa shape index (κ1) is 10.9. The minimum absolute atomic E-state index is 0.335. The van der Waals surface area contributed by atoms with Gasteiger partial charge in [-0.2, -0.15) is 0 Å². The summed E-state index contributed by atoms with van der Waals surface area (Å²) in [6.07, 6.45) is 1.36. The lowest BCUT2D eigenvalue weighted by Gasteiger charge is -2.09. The van der Waals surface area contributed by atoms with Crippen LogP contribution >= 0.6 is 0 Å². The quantitative estimate of drug-likeness (QED) is 0.722. The molecule has 1 aromatic heterocycles. The molecular formula is C10H16N2O2.